The average molecular weight is 389 g/mol. The number of hydrogen-bond donors (Lipinski definition) is 2. The van der Waals surface area contributed by atoms with Crippen molar-refractivity contribution in [3.05, 3.63) is 62.0 Å². The number of carbonyl (C=O) groups is 1. The molecule has 0 spiro atoms. The lowest BCUT2D eigenvalue weighted by molar-refractivity contribution is 0.0953. The smallest absolute Gasteiger partial charge is 0.251 e. The molecule has 0 aliphatic heterocycles. The van der Waals surface area contributed by atoms with Crippen LogP contribution in [0.5, 0.6) is 5.75 Å². The standard InChI is InChI=1S/C15H12BrCl2NO2/c16-12-4-2-10(7-14(12)20)15(21)19-6-5-9-1-3-11(17)8-13(9)18/h1-4,7-8,20H,5-6H2,(H,19,21). The second kappa shape index (κ2) is 7.16. The Morgan fingerprint density at radius 3 is 2.62 bits per heavy atom. The molecule has 2 N–H and O–H groups in total. The Balaban J connectivity index is 1.93. The fourth-order valence-corrected chi connectivity index (χ4v) is 2.54. The van der Waals surface area contributed by atoms with Crippen molar-refractivity contribution < 1.29 is 9.90 Å². The number of benzene rings is 2. The molecule has 6 heteroatoms. The molecule has 0 saturated heterocycles. The molecule has 21 heavy (non-hydrogen) atoms. The maximum atomic E-state index is 11.9. The van der Waals surface area contributed by atoms with Gasteiger partial charge in [-0.15, -0.1) is 0 Å². The number of hydrogen-bond acceptors (Lipinski definition) is 2. The van der Waals surface area contributed by atoms with Gasteiger partial charge in [-0.25, -0.2) is 0 Å². The molecule has 0 aromatic heterocycles. The normalized spacial score (nSPS) is 10.4. The van der Waals surface area contributed by atoms with Crippen molar-refractivity contribution in [2.24, 2.45) is 0 Å². The van der Waals surface area contributed by atoms with E-state index in [4.69, 9.17) is 23.2 Å². The summed E-state index contributed by atoms with van der Waals surface area (Å²) in [5.74, 6) is -0.216. The van der Waals surface area contributed by atoms with Crippen LogP contribution in [0, 0.1) is 0 Å². The molecule has 0 heterocycles. The number of phenols is 1. The minimum Gasteiger partial charge on any atom is -0.507 e. The van der Waals surface area contributed by atoms with Gasteiger partial charge in [-0.05, 0) is 58.2 Å². The van der Waals surface area contributed by atoms with Crippen LogP contribution in [0.2, 0.25) is 10.0 Å². The van der Waals surface area contributed by atoms with Gasteiger partial charge in [0.05, 0.1) is 4.47 Å². The Morgan fingerprint density at radius 2 is 1.95 bits per heavy atom. The SMILES string of the molecule is O=C(NCCc1ccc(Cl)cc1Cl)c1ccc(Br)c(O)c1. The summed E-state index contributed by atoms with van der Waals surface area (Å²) in [5, 5.41) is 13.5. The molecule has 2 aromatic carbocycles. The van der Waals surface area contributed by atoms with Gasteiger partial charge in [-0.2, -0.15) is 0 Å². The summed E-state index contributed by atoms with van der Waals surface area (Å²) in [4.78, 5) is 11.9. The molecule has 0 aliphatic carbocycles. The quantitative estimate of drug-likeness (QED) is 0.813. The van der Waals surface area contributed by atoms with Crippen LogP contribution in [-0.4, -0.2) is 17.6 Å². The van der Waals surface area contributed by atoms with E-state index in [-0.39, 0.29) is 11.7 Å². The van der Waals surface area contributed by atoms with Gasteiger partial charge in [0.1, 0.15) is 5.75 Å². The van der Waals surface area contributed by atoms with Crippen LogP contribution < -0.4 is 5.32 Å². The van der Waals surface area contributed by atoms with Crippen molar-refractivity contribution in [2.45, 2.75) is 6.42 Å². The molecule has 0 bridgehead atoms. The van der Waals surface area contributed by atoms with Crippen molar-refractivity contribution in [2.75, 3.05) is 6.54 Å². The fourth-order valence-electron chi connectivity index (χ4n) is 1.79. The number of nitrogens with one attached hydrogen (secondary N) is 1. The molecular formula is C15H12BrCl2NO2. The van der Waals surface area contributed by atoms with Crippen LogP contribution in [0.4, 0.5) is 0 Å². The number of phenolic OH excluding ortho intramolecular Hbond substituents is 1. The zero-order chi connectivity index (χ0) is 15.4. The number of aromatic hydroxyl groups is 1. The van der Waals surface area contributed by atoms with Gasteiger partial charge < -0.3 is 10.4 Å². The second-order valence-corrected chi connectivity index (χ2v) is 6.11. The van der Waals surface area contributed by atoms with Gasteiger partial charge >= 0.3 is 0 Å². The summed E-state index contributed by atoms with van der Waals surface area (Å²) in [5.41, 5.74) is 1.32. The van der Waals surface area contributed by atoms with Crippen molar-refractivity contribution in [1.29, 1.82) is 0 Å². The fraction of sp³-hybridized carbons (Fsp3) is 0.133. The molecular weight excluding hydrogens is 377 g/mol. The zero-order valence-electron chi connectivity index (χ0n) is 10.9. The lowest BCUT2D eigenvalue weighted by Crippen LogP contribution is -2.25. The van der Waals surface area contributed by atoms with Gasteiger partial charge in [0.2, 0.25) is 0 Å². The number of amides is 1. The molecule has 0 saturated carbocycles. The third-order valence-electron chi connectivity index (χ3n) is 2.90. The second-order valence-electron chi connectivity index (χ2n) is 4.41. The highest BCUT2D eigenvalue weighted by Crippen LogP contribution is 2.24. The van der Waals surface area contributed by atoms with Gasteiger partial charge in [0.25, 0.3) is 5.91 Å². The molecule has 0 radical (unpaired) electrons. The first-order valence-electron chi connectivity index (χ1n) is 6.18. The van der Waals surface area contributed by atoms with E-state index < -0.39 is 0 Å². The van der Waals surface area contributed by atoms with Crippen LogP contribution in [0.25, 0.3) is 0 Å². The lowest BCUT2D eigenvalue weighted by Gasteiger charge is -2.08. The topological polar surface area (TPSA) is 49.3 Å². The molecule has 3 nitrogen and oxygen atoms in total. The maximum absolute atomic E-state index is 11.9. The molecule has 2 rings (SSSR count). The minimum absolute atomic E-state index is 0.0309. The minimum atomic E-state index is -0.247. The highest BCUT2D eigenvalue weighted by molar-refractivity contribution is 9.10. The predicted octanol–water partition coefficient (Wildman–Crippen LogP) is 4.43. The third-order valence-corrected chi connectivity index (χ3v) is 4.16. The first-order chi connectivity index (χ1) is 9.97. The summed E-state index contributed by atoms with van der Waals surface area (Å²) in [6, 6.07) is 9.94. The highest BCUT2D eigenvalue weighted by atomic mass is 79.9. The maximum Gasteiger partial charge on any atom is 0.251 e. The Bertz CT molecular complexity index is 677. The van der Waals surface area contributed by atoms with Gasteiger partial charge in [0, 0.05) is 22.2 Å². The van der Waals surface area contributed by atoms with E-state index in [0.29, 0.717) is 33.0 Å². The first kappa shape index (κ1) is 16.1. The van der Waals surface area contributed by atoms with Gasteiger partial charge in [-0.3, -0.25) is 4.79 Å². The van der Waals surface area contributed by atoms with Crippen molar-refractivity contribution in [3.8, 4) is 5.75 Å². The molecule has 2 aromatic rings. The Labute approximate surface area is 141 Å². The monoisotopic (exact) mass is 387 g/mol. The molecule has 110 valence electrons. The third kappa shape index (κ3) is 4.37. The predicted molar refractivity (Wildman–Crippen MR) is 88.3 cm³/mol. The Morgan fingerprint density at radius 1 is 1.19 bits per heavy atom. The average Bonchev–Trinajstić information content (AvgIpc) is 2.44. The van der Waals surface area contributed by atoms with Gasteiger partial charge in [0.15, 0.2) is 0 Å². The number of carbonyl (C=O) groups excluding carboxylic acids is 1. The molecule has 0 atom stereocenters. The molecule has 0 aliphatic rings. The van der Waals surface area contributed by atoms with Crippen molar-refractivity contribution in [1.82, 2.24) is 5.32 Å². The van der Waals surface area contributed by atoms with Crippen LogP contribution in [-0.2, 0) is 6.42 Å². The van der Waals surface area contributed by atoms with E-state index in [2.05, 4.69) is 21.2 Å². The summed E-state index contributed by atoms with van der Waals surface area (Å²) in [6.07, 6.45) is 0.601. The highest BCUT2D eigenvalue weighted by Gasteiger charge is 2.08. The van der Waals surface area contributed by atoms with Crippen molar-refractivity contribution in [3.63, 3.8) is 0 Å². The van der Waals surface area contributed by atoms with E-state index in [0.717, 1.165) is 5.56 Å². The number of halogens is 3. The summed E-state index contributed by atoms with van der Waals surface area (Å²) in [7, 11) is 0. The summed E-state index contributed by atoms with van der Waals surface area (Å²) in [6.45, 7) is 0.441. The lowest BCUT2D eigenvalue weighted by atomic mass is 10.1. The molecule has 1 amide bonds. The van der Waals surface area contributed by atoms with Crippen LogP contribution in [0.3, 0.4) is 0 Å². The Kier molecular flexibility index (Phi) is 5.51. The van der Waals surface area contributed by atoms with E-state index in [1.807, 2.05) is 6.07 Å². The van der Waals surface area contributed by atoms with E-state index in [9.17, 15) is 9.90 Å². The number of rotatable bonds is 4. The Hall–Kier alpha value is -1.23. The van der Waals surface area contributed by atoms with Crippen LogP contribution in [0.1, 0.15) is 15.9 Å². The molecule has 0 fully saturated rings. The first-order valence-corrected chi connectivity index (χ1v) is 7.73. The van der Waals surface area contributed by atoms with E-state index >= 15 is 0 Å². The summed E-state index contributed by atoms with van der Waals surface area (Å²) >= 11 is 15.1. The largest absolute Gasteiger partial charge is 0.507 e. The van der Waals surface area contributed by atoms with E-state index in [1.54, 1.807) is 24.3 Å². The van der Waals surface area contributed by atoms with Crippen LogP contribution in [0.15, 0.2) is 40.9 Å². The summed E-state index contributed by atoms with van der Waals surface area (Å²) < 4.78 is 0.548. The van der Waals surface area contributed by atoms with E-state index in [1.165, 1.54) is 6.07 Å². The molecule has 0 unspecified atom stereocenters. The van der Waals surface area contributed by atoms with Crippen molar-refractivity contribution >= 4 is 45.0 Å². The zero-order valence-corrected chi connectivity index (χ0v) is 14.0. The van der Waals surface area contributed by atoms with Crippen LogP contribution >= 0.6 is 39.1 Å². The van der Waals surface area contributed by atoms with Gasteiger partial charge in [-0.1, -0.05) is 29.3 Å².